The molecule has 182 valence electrons. The quantitative estimate of drug-likeness (QED) is 0.0967. The van der Waals surface area contributed by atoms with E-state index in [1.165, 1.54) is 12.1 Å². The van der Waals surface area contributed by atoms with Crippen molar-refractivity contribution in [3.63, 3.8) is 0 Å². The number of benzene rings is 2. The number of ether oxygens (including phenoxy) is 3. The molecule has 2 aromatic carbocycles. The van der Waals surface area contributed by atoms with Crippen LogP contribution < -0.4 is 20.1 Å². The van der Waals surface area contributed by atoms with E-state index in [-0.39, 0.29) is 35.7 Å². The van der Waals surface area contributed by atoms with Crippen molar-refractivity contribution in [1.82, 2.24) is 10.6 Å². The molecule has 0 aliphatic rings. The minimum atomic E-state index is -0.415. The molecule has 10 heteroatoms. The summed E-state index contributed by atoms with van der Waals surface area (Å²) >= 11 is 0. The van der Waals surface area contributed by atoms with Gasteiger partial charge in [0.15, 0.2) is 17.5 Å². The molecule has 1 unspecified atom stereocenters. The lowest BCUT2D eigenvalue weighted by Crippen LogP contribution is -2.40. The van der Waals surface area contributed by atoms with Gasteiger partial charge in [-0.3, -0.25) is 10.1 Å². The lowest BCUT2D eigenvalue weighted by atomic mass is 10.1. The molecule has 0 aliphatic carbocycles. The summed E-state index contributed by atoms with van der Waals surface area (Å²) in [7, 11) is 1.64. The van der Waals surface area contributed by atoms with Crippen molar-refractivity contribution < 1.29 is 19.1 Å². The minimum absolute atomic E-state index is 0. The summed E-state index contributed by atoms with van der Waals surface area (Å²) in [6.45, 7) is 8.51. The summed E-state index contributed by atoms with van der Waals surface area (Å²) in [5.41, 5.74) is 1.95. The van der Waals surface area contributed by atoms with Crippen LogP contribution in [0, 0.1) is 10.1 Å². The molecular formula is C23H33IN4O5. The van der Waals surface area contributed by atoms with Gasteiger partial charge in [-0.2, -0.15) is 0 Å². The average Bonchev–Trinajstić information content (AvgIpc) is 2.79. The smallest absolute Gasteiger partial charge is 0.269 e. The summed E-state index contributed by atoms with van der Waals surface area (Å²) in [5, 5.41) is 17.5. The number of rotatable bonds is 12. The monoisotopic (exact) mass is 572 g/mol. The molecule has 2 aromatic rings. The Hall–Kier alpha value is -2.60. The highest BCUT2D eigenvalue weighted by molar-refractivity contribution is 14.0. The van der Waals surface area contributed by atoms with E-state index in [9.17, 15) is 10.1 Å². The normalized spacial score (nSPS) is 11.8. The summed E-state index contributed by atoms with van der Waals surface area (Å²) in [4.78, 5) is 15.0. The predicted octanol–water partition coefficient (Wildman–Crippen LogP) is 4.45. The molecule has 0 amide bonds. The lowest BCUT2D eigenvalue weighted by Gasteiger charge is -2.20. The number of nitro groups is 1. The molecule has 0 radical (unpaired) electrons. The largest absolute Gasteiger partial charge is 0.490 e. The van der Waals surface area contributed by atoms with Gasteiger partial charge in [0, 0.05) is 25.8 Å². The summed E-state index contributed by atoms with van der Waals surface area (Å²) in [5.74, 6) is 2.03. The van der Waals surface area contributed by atoms with Crippen molar-refractivity contribution >= 4 is 35.6 Å². The molecule has 0 saturated heterocycles. The maximum atomic E-state index is 10.8. The fourth-order valence-electron chi connectivity index (χ4n) is 2.94. The zero-order valence-corrected chi connectivity index (χ0v) is 21.8. The highest BCUT2D eigenvalue weighted by Gasteiger charge is 2.13. The number of nitrogens with zero attached hydrogens (tertiary/aromatic N) is 2. The molecule has 33 heavy (non-hydrogen) atoms. The summed E-state index contributed by atoms with van der Waals surface area (Å²) in [6, 6.07) is 12.2. The molecule has 0 aromatic heterocycles. The van der Waals surface area contributed by atoms with Crippen molar-refractivity contribution in [2.75, 3.05) is 33.5 Å². The van der Waals surface area contributed by atoms with Gasteiger partial charge >= 0.3 is 0 Å². The molecule has 0 fully saturated rings. The molecule has 1 atom stereocenters. The first kappa shape index (κ1) is 28.4. The van der Waals surface area contributed by atoms with Gasteiger partial charge in [-0.05, 0) is 44.0 Å². The molecule has 0 aliphatic heterocycles. The maximum Gasteiger partial charge on any atom is 0.269 e. The number of nitro benzene ring substituents is 1. The zero-order valence-electron chi connectivity index (χ0n) is 19.5. The SMILES string of the molecule is CCOc1ccc(C(C)NC(=NCc2ccc([N+](=O)[O-])cc2)NCCOC)cc1OCC.I. The van der Waals surface area contributed by atoms with Crippen molar-refractivity contribution in [1.29, 1.82) is 0 Å². The van der Waals surface area contributed by atoms with Crippen LogP contribution in [0.1, 0.15) is 37.9 Å². The number of aliphatic imine (C=N–C) groups is 1. The molecule has 0 spiro atoms. The number of methoxy groups -OCH3 is 1. The van der Waals surface area contributed by atoms with Crippen LogP contribution >= 0.6 is 24.0 Å². The molecule has 2 N–H and O–H groups in total. The first-order chi connectivity index (χ1) is 15.5. The number of hydrogen-bond donors (Lipinski definition) is 2. The van der Waals surface area contributed by atoms with Gasteiger partial charge in [0.1, 0.15) is 0 Å². The molecule has 9 nitrogen and oxygen atoms in total. The van der Waals surface area contributed by atoms with E-state index in [0.717, 1.165) is 16.9 Å². The first-order valence-corrected chi connectivity index (χ1v) is 10.6. The van der Waals surface area contributed by atoms with Crippen LogP contribution in [-0.4, -0.2) is 44.4 Å². The first-order valence-electron chi connectivity index (χ1n) is 10.6. The topological polar surface area (TPSA) is 107 Å². The Kier molecular flexibility index (Phi) is 13.2. The highest BCUT2D eigenvalue weighted by atomic mass is 127. The predicted molar refractivity (Wildman–Crippen MR) is 140 cm³/mol. The Morgan fingerprint density at radius 3 is 2.36 bits per heavy atom. The highest BCUT2D eigenvalue weighted by Crippen LogP contribution is 2.30. The van der Waals surface area contributed by atoms with E-state index in [0.29, 0.717) is 44.6 Å². The van der Waals surface area contributed by atoms with E-state index in [2.05, 4.69) is 15.6 Å². The fourth-order valence-corrected chi connectivity index (χ4v) is 2.94. The van der Waals surface area contributed by atoms with E-state index in [1.807, 2.05) is 39.0 Å². The van der Waals surface area contributed by atoms with Crippen LogP contribution in [0.4, 0.5) is 5.69 Å². The van der Waals surface area contributed by atoms with E-state index in [4.69, 9.17) is 14.2 Å². The molecule has 0 saturated carbocycles. The summed E-state index contributed by atoms with van der Waals surface area (Å²) in [6.07, 6.45) is 0. The molecule has 2 rings (SSSR count). The van der Waals surface area contributed by atoms with Gasteiger partial charge in [0.25, 0.3) is 5.69 Å². The Morgan fingerprint density at radius 2 is 1.76 bits per heavy atom. The van der Waals surface area contributed by atoms with Crippen LogP contribution in [0.5, 0.6) is 11.5 Å². The van der Waals surface area contributed by atoms with E-state index < -0.39 is 4.92 Å². The molecule has 0 heterocycles. The van der Waals surface area contributed by atoms with Crippen molar-refractivity contribution in [3.8, 4) is 11.5 Å². The van der Waals surface area contributed by atoms with Gasteiger partial charge in [-0.25, -0.2) is 4.99 Å². The second-order valence-corrected chi connectivity index (χ2v) is 6.95. The number of hydrogen-bond acceptors (Lipinski definition) is 6. The van der Waals surface area contributed by atoms with Crippen LogP contribution in [0.3, 0.4) is 0 Å². The van der Waals surface area contributed by atoms with Crippen LogP contribution in [0.25, 0.3) is 0 Å². The Morgan fingerprint density at radius 1 is 1.09 bits per heavy atom. The third-order valence-electron chi connectivity index (χ3n) is 4.59. The van der Waals surface area contributed by atoms with Crippen LogP contribution in [-0.2, 0) is 11.3 Å². The van der Waals surface area contributed by atoms with Crippen molar-refractivity contribution in [2.45, 2.75) is 33.4 Å². The maximum absolute atomic E-state index is 10.8. The van der Waals surface area contributed by atoms with Crippen LogP contribution in [0.2, 0.25) is 0 Å². The van der Waals surface area contributed by atoms with Gasteiger partial charge < -0.3 is 24.8 Å². The van der Waals surface area contributed by atoms with Crippen molar-refractivity contribution in [3.05, 3.63) is 63.7 Å². The third-order valence-corrected chi connectivity index (χ3v) is 4.59. The fraction of sp³-hybridized carbons (Fsp3) is 0.435. The zero-order chi connectivity index (χ0) is 23.3. The average molecular weight is 572 g/mol. The minimum Gasteiger partial charge on any atom is -0.490 e. The van der Waals surface area contributed by atoms with Gasteiger partial charge in [-0.1, -0.05) is 18.2 Å². The van der Waals surface area contributed by atoms with Gasteiger partial charge in [0.05, 0.1) is 37.3 Å². The van der Waals surface area contributed by atoms with Gasteiger partial charge in [-0.15, -0.1) is 24.0 Å². The third kappa shape index (κ3) is 9.42. The number of non-ortho nitro benzene ring substituents is 1. The number of guanidine groups is 1. The number of nitrogens with one attached hydrogen (secondary N) is 2. The number of halogens is 1. The Labute approximate surface area is 212 Å². The Balaban J connectivity index is 0.00000544. The molecule has 0 bridgehead atoms. The molecular weight excluding hydrogens is 539 g/mol. The van der Waals surface area contributed by atoms with E-state index in [1.54, 1.807) is 19.2 Å². The second-order valence-electron chi connectivity index (χ2n) is 6.95. The lowest BCUT2D eigenvalue weighted by molar-refractivity contribution is -0.384. The van der Waals surface area contributed by atoms with E-state index >= 15 is 0 Å². The van der Waals surface area contributed by atoms with Gasteiger partial charge in [0.2, 0.25) is 0 Å². The van der Waals surface area contributed by atoms with Crippen LogP contribution in [0.15, 0.2) is 47.5 Å². The Bertz CT molecular complexity index is 893. The standard InChI is InChI=1S/C23H32N4O5.HI/c1-5-31-21-12-9-19(15-22(21)32-6-2)17(3)26-23(24-13-14-30-4)25-16-18-7-10-20(11-8-18)27(28)29;/h7-12,15,17H,5-6,13-14,16H2,1-4H3,(H2,24,25,26);1H. The van der Waals surface area contributed by atoms with Crippen molar-refractivity contribution in [2.24, 2.45) is 4.99 Å². The second kappa shape index (κ2) is 15.3. The summed E-state index contributed by atoms with van der Waals surface area (Å²) < 4.78 is 16.5.